The van der Waals surface area contributed by atoms with E-state index in [1.165, 1.54) is 23.0 Å². The number of ether oxygens (including phenoxy) is 5. The summed E-state index contributed by atoms with van der Waals surface area (Å²) in [5.74, 6) is 0.141. The number of methoxy groups -OCH3 is 1. The third kappa shape index (κ3) is 7.75. The lowest BCUT2D eigenvalue weighted by atomic mass is 9.95. The molecule has 0 radical (unpaired) electrons. The van der Waals surface area contributed by atoms with Crippen molar-refractivity contribution in [2.45, 2.75) is 33.4 Å². The van der Waals surface area contributed by atoms with Gasteiger partial charge in [0.2, 0.25) is 0 Å². The Morgan fingerprint density at radius 2 is 1.79 bits per heavy atom. The van der Waals surface area contributed by atoms with Crippen molar-refractivity contribution < 1.29 is 33.3 Å². The molecule has 1 atom stereocenters. The van der Waals surface area contributed by atoms with E-state index in [4.69, 9.17) is 30.5 Å². The third-order valence-corrected chi connectivity index (χ3v) is 8.34. The van der Waals surface area contributed by atoms with Crippen LogP contribution in [0.3, 0.4) is 0 Å². The first kappa shape index (κ1) is 33.5. The van der Waals surface area contributed by atoms with Gasteiger partial charge < -0.3 is 23.7 Å². The number of rotatable bonds is 12. The van der Waals surface area contributed by atoms with E-state index in [1.54, 1.807) is 44.2 Å². The van der Waals surface area contributed by atoms with E-state index in [0.29, 0.717) is 56.1 Å². The average Bonchev–Trinajstić information content (AvgIpc) is 3.36. The highest BCUT2D eigenvalue weighted by Crippen LogP contribution is 2.36. The normalized spacial score (nSPS) is 14.2. The molecule has 0 aliphatic carbocycles. The fourth-order valence-electron chi connectivity index (χ4n) is 5.02. The van der Waals surface area contributed by atoms with Gasteiger partial charge in [0.15, 0.2) is 22.9 Å². The zero-order chi connectivity index (χ0) is 33.5. The van der Waals surface area contributed by atoms with Crippen LogP contribution in [0.5, 0.6) is 17.2 Å². The van der Waals surface area contributed by atoms with Gasteiger partial charge in [0.05, 0.1) is 42.2 Å². The first-order valence-electron chi connectivity index (χ1n) is 14.9. The van der Waals surface area contributed by atoms with Crippen LogP contribution in [-0.2, 0) is 25.7 Å². The third-order valence-electron chi connectivity index (χ3n) is 7.12. The van der Waals surface area contributed by atoms with Crippen LogP contribution in [-0.4, -0.2) is 43.4 Å². The summed E-state index contributed by atoms with van der Waals surface area (Å²) in [6, 6.07) is 19.0. The van der Waals surface area contributed by atoms with Crippen LogP contribution < -0.4 is 29.1 Å². The van der Waals surface area contributed by atoms with Crippen molar-refractivity contribution in [1.29, 1.82) is 0 Å². The Kier molecular flexibility index (Phi) is 10.8. The van der Waals surface area contributed by atoms with Crippen molar-refractivity contribution >= 4 is 41.0 Å². The van der Waals surface area contributed by atoms with Gasteiger partial charge in [-0.05, 0) is 79.9 Å². The molecule has 1 aliphatic heterocycles. The highest BCUT2D eigenvalue weighted by molar-refractivity contribution is 7.07. The number of aromatic nitrogens is 1. The van der Waals surface area contributed by atoms with Crippen molar-refractivity contribution in [2.24, 2.45) is 4.99 Å². The lowest BCUT2D eigenvalue weighted by Gasteiger charge is -2.25. The number of fused-ring (bicyclic) bond motifs is 1. The SMILES string of the molecule is CCOC(=O)C1=C(C)N=c2s/c(=C/c3cccc(OCc4cccc(Cl)c4)c3)c(=O)n2[C@@H]1c1ccc(OCC(=O)OC)c(OCC)c1. The number of hydrogen-bond donors (Lipinski definition) is 0. The molecule has 0 bridgehead atoms. The number of allylic oxidation sites excluding steroid dienone is 1. The highest BCUT2D eigenvalue weighted by atomic mass is 35.5. The van der Waals surface area contributed by atoms with Gasteiger partial charge in [-0.1, -0.05) is 53.3 Å². The Bertz CT molecular complexity index is 2020. The molecule has 244 valence electrons. The van der Waals surface area contributed by atoms with E-state index in [-0.39, 0.29) is 24.3 Å². The fraction of sp³-hybridized carbons (Fsp3) is 0.257. The molecule has 0 saturated carbocycles. The predicted molar refractivity (Wildman–Crippen MR) is 178 cm³/mol. The molecule has 10 nitrogen and oxygen atoms in total. The standard InChI is InChI=1S/C35H33ClN2O8S/c1-5-43-28-18-24(13-14-27(28)46-20-30(39)42-4)32-31(34(41)44-6-2)21(3)37-35-38(32)33(40)29(47-35)17-22-9-8-12-26(16-22)45-19-23-10-7-11-25(36)15-23/h7-18,32H,5-6,19-20H2,1-4H3/b29-17+/t32-/m1/s1. The van der Waals surface area contributed by atoms with E-state index >= 15 is 0 Å². The van der Waals surface area contributed by atoms with Gasteiger partial charge in [-0.3, -0.25) is 9.36 Å². The predicted octanol–water partition coefficient (Wildman–Crippen LogP) is 4.98. The number of hydrogen-bond acceptors (Lipinski definition) is 10. The molecule has 12 heteroatoms. The molecule has 3 aromatic carbocycles. The van der Waals surface area contributed by atoms with E-state index in [1.807, 2.05) is 49.4 Å². The topological polar surface area (TPSA) is 115 Å². The second-order valence-electron chi connectivity index (χ2n) is 10.3. The first-order chi connectivity index (χ1) is 22.7. The number of esters is 2. The van der Waals surface area contributed by atoms with Crippen LogP contribution in [0.2, 0.25) is 5.02 Å². The largest absolute Gasteiger partial charge is 0.490 e. The first-order valence-corrected chi connectivity index (χ1v) is 16.0. The summed E-state index contributed by atoms with van der Waals surface area (Å²) in [6.45, 7) is 5.71. The number of benzene rings is 3. The maximum absolute atomic E-state index is 14.1. The zero-order valence-electron chi connectivity index (χ0n) is 26.3. The molecule has 2 heterocycles. The Labute approximate surface area is 280 Å². The molecule has 5 rings (SSSR count). The zero-order valence-corrected chi connectivity index (χ0v) is 27.9. The lowest BCUT2D eigenvalue weighted by molar-refractivity contribution is -0.143. The molecule has 1 aliphatic rings. The van der Waals surface area contributed by atoms with E-state index in [9.17, 15) is 14.4 Å². The van der Waals surface area contributed by atoms with Crippen molar-refractivity contribution in [1.82, 2.24) is 4.57 Å². The van der Waals surface area contributed by atoms with Crippen molar-refractivity contribution in [3.8, 4) is 17.2 Å². The summed E-state index contributed by atoms with van der Waals surface area (Å²) in [6.07, 6.45) is 1.77. The smallest absolute Gasteiger partial charge is 0.343 e. The van der Waals surface area contributed by atoms with Crippen LogP contribution in [0.25, 0.3) is 6.08 Å². The van der Waals surface area contributed by atoms with E-state index < -0.39 is 18.0 Å². The monoisotopic (exact) mass is 676 g/mol. The minimum absolute atomic E-state index is 0.146. The minimum Gasteiger partial charge on any atom is -0.490 e. The van der Waals surface area contributed by atoms with E-state index in [2.05, 4.69) is 9.73 Å². The molecule has 0 saturated heterocycles. The average molecular weight is 677 g/mol. The molecule has 0 unspecified atom stereocenters. The maximum atomic E-state index is 14.1. The summed E-state index contributed by atoms with van der Waals surface area (Å²) in [5.41, 5.74) is 2.58. The van der Waals surface area contributed by atoms with E-state index in [0.717, 1.165) is 11.1 Å². The lowest BCUT2D eigenvalue weighted by Crippen LogP contribution is -2.40. The minimum atomic E-state index is -0.867. The molecule has 0 fully saturated rings. The summed E-state index contributed by atoms with van der Waals surface area (Å²) in [7, 11) is 1.27. The van der Waals surface area contributed by atoms with Crippen LogP contribution in [0.4, 0.5) is 0 Å². The summed E-state index contributed by atoms with van der Waals surface area (Å²) >= 11 is 7.32. The second kappa shape index (κ2) is 15.1. The molecule has 0 spiro atoms. The Morgan fingerprint density at radius 1 is 0.979 bits per heavy atom. The molecule has 0 amide bonds. The summed E-state index contributed by atoms with van der Waals surface area (Å²) in [4.78, 5) is 44.2. The Morgan fingerprint density at radius 3 is 2.53 bits per heavy atom. The fourth-order valence-corrected chi connectivity index (χ4v) is 6.28. The summed E-state index contributed by atoms with van der Waals surface area (Å²) < 4.78 is 29.4. The highest BCUT2D eigenvalue weighted by Gasteiger charge is 2.34. The molecular formula is C35H33ClN2O8S. The van der Waals surface area contributed by atoms with Crippen LogP contribution in [0.15, 0.2) is 87.8 Å². The molecule has 4 aromatic rings. The molecule has 47 heavy (non-hydrogen) atoms. The summed E-state index contributed by atoms with van der Waals surface area (Å²) in [5, 5.41) is 0.631. The van der Waals surface area contributed by atoms with Gasteiger partial charge in [0.25, 0.3) is 5.56 Å². The van der Waals surface area contributed by atoms with Gasteiger partial charge in [-0.25, -0.2) is 14.6 Å². The number of carbonyl (C=O) groups is 2. The molecule has 1 aromatic heterocycles. The van der Waals surface area contributed by atoms with Crippen LogP contribution >= 0.6 is 22.9 Å². The second-order valence-corrected chi connectivity index (χ2v) is 11.7. The van der Waals surface area contributed by atoms with Gasteiger partial charge in [-0.2, -0.15) is 0 Å². The van der Waals surface area contributed by atoms with Gasteiger partial charge in [0.1, 0.15) is 12.4 Å². The van der Waals surface area contributed by atoms with Crippen molar-refractivity contribution in [3.63, 3.8) is 0 Å². The number of thiazole rings is 1. The van der Waals surface area contributed by atoms with Crippen molar-refractivity contribution in [3.05, 3.63) is 119 Å². The van der Waals surface area contributed by atoms with Crippen molar-refractivity contribution in [2.75, 3.05) is 26.9 Å². The Hall–Kier alpha value is -4.87. The number of nitrogens with zero attached hydrogens (tertiary/aromatic N) is 2. The van der Waals surface area contributed by atoms with Crippen LogP contribution in [0, 0.1) is 0 Å². The van der Waals surface area contributed by atoms with Crippen LogP contribution in [0.1, 0.15) is 43.5 Å². The van der Waals surface area contributed by atoms with Gasteiger partial charge in [-0.15, -0.1) is 0 Å². The molecule has 0 N–H and O–H groups in total. The number of carbonyl (C=O) groups excluding carboxylic acids is 2. The Balaban J connectivity index is 1.56. The number of halogens is 1. The maximum Gasteiger partial charge on any atom is 0.343 e. The molecular weight excluding hydrogens is 644 g/mol. The van der Waals surface area contributed by atoms with Gasteiger partial charge >= 0.3 is 11.9 Å². The van der Waals surface area contributed by atoms with Gasteiger partial charge in [0, 0.05) is 5.02 Å². The quantitative estimate of drug-likeness (QED) is 0.193.